The highest BCUT2D eigenvalue weighted by molar-refractivity contribution is 6.42. The topological polar surface area (TPSA) is 30.5 Å². The molecule has 4 atom stereocenters. The SMILES string of the molecule is Clc1cccc(C2Nc3ccc(OCC4CCCO4)cc3C3C=CCC32)c1Cl. The minimum absolute atomic E-state index is 0.136. The van der Waals surface area contributed by atoms with Crippen LogP contribution in [0, 0.1) is 5.92 Å². The number of hydrogen-bond donors (Lipinski definition) is 1. The molecule has 3 nitrogen and oxygen atoms in total. The predicted molar refractivity (Wildman–Crippen MR) is 114 cm³/mol. The first-order valence-electron chi connectivity index (χ1n) is 9.96. The van der Waals surface area contributed by atoms with E-state index in [1.165, 1.54) is 5.56 Å². The van der Waals surface area contributed by atoms with Gasteiger partial charge in [0.2, 0.25) is 0 Å². The van der Waals surface area contributed by atoms with E-state index in [9.17, 15) is 0 Å². The van der Waals surface area contributed by atoms with Gasteiger partial charge in [-0.25, -0.2) is 0 Å². The molecule has 28 heavy (non-hydrogen) atoms. The largest absolute Gasteiger partial charge is 0.491 e. The van der Waals surface area contributed by atoms with Crippen LogP contribution < -0.4 is 10.1 Å². The van der Waals surface area contributed by atoms with Crippen LogP contribution in [0.3, 0.4) is 0 Å². The maximum atomic E-state index is 6.55. The number of hydrogen-bond acceptors (Lipinski definition) is 3. The van der Waals surface area contributed by atoms with E-state index in [2.05, 4.69) is 35.7 Å². The minimum atomic E-state index is 0.136. The van der Waals surface area contributed by atoms with Crippen LogP contribution in [0.4, 0.5) is 5.69 Å². The van der Waals surface area contributed by atoms with Crippen LogP contribution in [0.25, 0.3) is 0 Å². The van der Waals surface area contributed by atoms with Crippen molar-refractivity contribution in [2.45, 2.75) is 37.3 Å². The maximum absolute atomic E-state index is 6.55. The fourth-order valence-corrected chi connectivity index (χ4v) is 5.12. The zero-order chi connectivity index (χ0) is 19.1. The van der Waals surface area contributed by atoms with Crippen molar-refractivity contribution in [3.63, 3.8) is 0 Å². The van der Waals surface area contributed by atoms with E-state index in [-0.39, 0.29) is 12.1 Å². The van der Waals surface area contributed by atoms with Gasteiger partial charge in [0.05, 0.1) is 22.2 Å². The van der Waals surface area contributed by atoms with Crippen LogP contribution >= 0.6 is 23.2 Å². The van der Waals surface area contributed by atoms with Crippen molar-refractivity contribution in [1.82, 2.24) is 0 Å². The van der Waals surface area contributed by atoms with Crippen molar-refractivity contribution in [2.75, 3.05) is 18.5 Å². The van der Waals surface area contributed by atoms with Crippen molar-refractivity contribution in [3.05, 3.63) is 69.7 Å². The lowest BCUT2D eigenvalue weighted by atomic mass is 9.77. The molecule has 5 rings (SSSR count). The Bertz CT molecular complexity index is 907. The summed E-state index contributed by atoms with van der Waals surface area (Å²) in [6, 6.07) is 12.4. The third-order valence-corrected chi connectivity index (χ3v) is 6.94. The highest BCUT2D eigenvalue weighted by Crippen LogP contribution is 2.51. The molecular weight excluding hydrogens is 393 g/mol. The van der Waals surface area contributed by atoms with E-state index in [0.717, 1.165) is 42.9 Å². The molecule has 1 saturated heterocycles. The summed E-state index contributed by atoms with van der Waals surface area (Å²) in [5.41, 5.74) is 3.49. The van der Waals surface area contributed by atoms with Gasteiger partial charge in [-0.2, -0.15) is 0 Å². The summed E-state index contributed by atoms with van der Waals surface area (Å²) in [7, 11) is 0. The molecule has 2 aliphatic heterocycles. The summed E-state index contributed by atoms with van der Waals surface area (Å²) in [5.74, 6) is 1.67. The highest BCUT2D eigenvalue weighted by atomic mass is 35.5. The average molecular weight is 416 g/mol. The van der Waals surface area contributed by atoms with Crippen molar-refractivity contribution in [3.8, 4) is 5.75 Å². The second-order valence-corrected chi connectivity index (χ2v) is 8.60. The molecule has 4 unspecified atom stereocenters. The van der Waals surface area contributed by atoms with E-state index in [1.54, 1.807) is 0 Å². The fraction of sp³-hybridized carbons (Fsp3) is 0.391. The van der Waals surface area contributed by atoms with Crippen LogP contribution in [-0.2, 0) is 4.74 Å². The monoisotopic (exact) mass is 415 g/mol. The molecule has 1 aliphatic carbocycles. The van der Waals surface area contributed by atoms with Gasteiger partial charge in [-0.3, -0.25) is 0 Å². The van der Waals surface area contributed by atoms with E-state index < -0.39 is 0 Å². The summed E-state index contributed by atoms with van der Waals surface area (Å²) >= 11 is 12.8. The van der Waals surface area contributed by atoms with Crippen LogP contribution in [0.15, 0.2) is 48.6 Å². The number of rotatable bonds is 4. The first-order valence-corrected chi connectivity index (χ1v) is 10.7. The standard InChI is InChI=1S/C23H23Cl2NO2/c24-20-8-2-7-18(22(20)25)23-17-6-1-5-16(17)19-12-14(9-10-21(19)26-23)28-13-15-4-3-11-27-15/h1-2,5,7-10,12,15-17,23,26H,3-4,6,11,13H2. The number of nitrogens with one attached hydrogen (secondary N) is 1. The highest BCUT2D eigenvalue weighted by Gasteiger charge is 2.39. The zero-order valence-electron chi connectivity index (χ0n) is 15.5. The normalized spacial score (nSPS) is 27.9. The predicted octanol–water partition coefficient (Wildman–Crippen LogP) is 6.38. The molecule has 2 aromatic rings. The summed E-state index contributed by atoms with van der Waals surface area (Å²) < 4.78 is 11.7. The number of ether oxygens (including phenoxy) is 2. The summed E-state index contributed by atoms with van der Waals surface area (Å²) in [5, 5.41) is 4.96. The first kappa shape index (κ1) is 18.4. The third-order valence-electron chi connectivity index (χ3n) is 6.11. The molecule has 0 amide bonds. The van der Waals surface area contributed by atoms with E-state index >= 15 is 0 Å². The Morgan fingerprint density at radius 2 is 2.07 bits per heavy atom. The van der Waals surface area contributed by atoms with Crippen LogP contribution in [0.2, 0.25) is 10.0 Å². The average Bonchev–Trinajstić information content (AvgIpc) is 3.40. The van der Waals surface area contributed by atoms with Crippen molar-refractivity contribution in [1.29, 1.82) is 0 Å². The lowest BCUT2D eigenvalue weighted by Crippen LogP contribution is -2.29. The van der Waals surface area contributed by atoms with Gasteiger partial charge in [0.25, 0.3) is 0 Å². The Morgan fingerprint density at radius 3 is 2.93 bits per heavy atom. The molecule has 2 heterocycles. The number of halogens is 2. The summed E-state index contributed by atoms with van der Waals surface area (Å²) in [4.78, 5) is 0. The zero-order valence-corrected chi connectivity index (χ0v) is 17.0. The van der Waals surface area contributed by atoms with Gasteiger partial charge in [-0.15, -0.1) is 0 Å². The fourth-order valence-electron chi connectivity index (χ4n) is 4.70. The van der Waals surface area contributed by atoms with Crippen LogP contribution in [-0.4, -0.2) is 19.3 Å². The number of anilines is 1. The van der Waals surface area contributed by atoms with Gasteiger partial charge in [0.15, 0.2) is 0 Å². The smallest absolute Gasteiger partial charge is 0.119 e. The van der Waals surface area contributed by atoms with Crippen molar-refractivity contribution >= 4 is 28.9 Å². The Labute approximate surface area is 175 Å². The summed E-state index contributed by atoms with van der Waals surface area (Å²) in [6.07, 6.45) is 8.05. The number of fused-ring (bicyclic) bond motifs is 3. The molecular formula is C23H23Cl2NO2. The van der Waals surface area contributed by atoms with Crippen molar-refractivity contribution < 1.29 is 9.47 Å². The van der Waals surface area contributed by atoms with Gasteiger partial charge in [-0.05, 0) is 60.6 Å². The molecule has 146 valence electrons. The van der Waals surface area contributed by atoms with Gasteiger partial charge in [0.1, 0.15) is 12.4 Å². The first-order chi connectivity index (χ1) is 13.7. The molecule has 1 N–H and O–H groups in total. The molecule has 0 radical (unpaired) electrons. The van der Waals surface area contributed by atoms with Crippen molar-refractivity contribution in [2.24, 2.45) is 5.92 Å². The number of allylic oxidation sites excluding steroid dienone is 2. The lowest BCUT2D eigenvalue weighted by molar-refractivity contribution is 0.0679. The molecule has 2 aromatic carbocycles. The lowest BCUT2D eigenvalue weighted by Gasteiger charge is -2.38. The molecule has 0 spiro atoms. The molecule has 5 heteroatoms. The van der Waals surface area contributed by atoms with Gasteiger partial charge in [-0.1, -0.05) is 47.5 Å². The second kappa shape index (κ2) is 7.62. The molecule has 0 saturated carbocycles. The van der Waals surface area contributed by atoms with Gasteiger partial charge < -0.3 is 14.8 Å². The summed E-state index contributed by atoms with van der Waals surface area (Å²) in [6.45, 7) is 1.47. The maximum Gasteiger partial charge on any atom is 0.119 e. The number of benzene rings is 2. The van der Waals surface area contributed by atoms with Gasteiger partial charge in [0, 0.05) is 18.2 Å². The molecule has 3 aliphatic rings. The Balaban J connectivity index is 1.43. The van der Waals surface area contributed by atoms with E-state index in [0.29, 0.717) is 28.5 Å². The second-order valence-electron chi connectivity index (χ2n) is 7.81. The molecule has 1 fully saturated rings. The molecule has 0 bridgehead atoms. The quantitative estimate of drug-likeness (QED) is 0.587. The Kier molecular flexibility index (Phi) is 5.00. The Hall–Kier alpha value is -1.68. The third kappa shape index (κ3) is 3.30. The van der Waals surface area contributed by atoms with Gasteiger partial charge >= 0.3 is 0 Å². The van der Waals surface area contributed by atoms with E-state index in [1.807, 2.05) is 18.2 Å². The molecule has 0 aromatic heterocycles. The van der Waals surface area contributed by atoms with Crippen LogP contribution in [0.1, 0.15) is 42.3 Å². The van der Waals surface area contributed by atoms with Crippen LogP contribution in [0.5, 0.6) is 5.75 Å². The van der Waals surface area contributed by atoms with E-state index in [4.69, 9.17) is 32.7 Å². The minimum Gasteiger partial charge on any atom is -0.491 e. The Morgan fingerprint density at radius 1 is 1.14 bits per heavy atom.